The van der Waals surface area contributed by atoms with Crippen molar-refractivity contribution in [1.29, 1.82) is 0 Å². The highest BCUT2D eigenvalue weighted by Gasteiger charge is 2.19. The molecule has 0 bridgehead atoms. The minimum absolute atomic E-state index is 0.0414. The van der Waals surface area contributed by atoms with Crippen molar-refractivity contribution in [1.82, 2.24) is 4.98 Å². The van der Waals surface area contributed by atoms with E-state index in [1.54, 1.807) is 12.3 Å². The standard InChI is InChI=1S/C14H13ClFN/c1-10(13-7-2-3-8-17-13)14(15)11-5-4-6-12(16)9-11/h2-10,14H,1H3. The second-order valence-electron chi connectivity index (χ2n) is 4.00. The molecule has 0 spiro atoms. The molecule has 0 saturated carbocycles. The van der Waals surface area contributed by atoms with E-state index in [1.165, 1.54) is 12.1 Å². The molecule has 0 amide bonds. The van der Waals surface area contributed by atoms with Gasteiger partial charge in [0.1, 0.15) is 5.82 Å². The number of aromatic nitrogens is 1. The molecule has 2 unspecified atom stereocenters. The molecule has 1 nitrogen and oxygen atoms in total. The molecule has 88 valence electrons. The van der Waals surface area contributed by atoms with Crippen LogP contribution in [-0.2, 0) is 0 Å². The van der Waals surface area contributed by atoms with Crippen LogP contribution >= 0.6 is 11.6 Å². The van der Waals surface area contributed by atoms with Gasteiger partial charge in [0, 0.05) is 17.8 Å². The maximum absolute atomic E-state index is 13.1. The van der Waals surface area contributed by atoms with Gasteiger partial charge in [0.25, 0.3) is 0 Å². The smallest absolute Gasteiger partial charge is 0.123 e. The first kappa shape index (κ1) is 12.1. The number of halogens is 2. The van der Waals surface area contributed by atoms with Gasteiger partial charge in [-0.2, -0.15) is 0 Å². The van der Waals surface area contributed by atoms with Gasteiger partial charge in [-0.25, -0.2) is 4.39 Å². The van der Waals surface area contributed by atoms with Gasteiger partial charge in [-0.3, -0.25) is 4.98 Å². The van der Waals surface area contributed by atoms with Crippen LogP contribution in [0.25, 0.3) is 0 Å². The molecule has 1 aromatic carbocycles. The van der Waals surface area contributed by atoms with Gasteiger partial charge >= 0.3 is 0 Å². The zero-order valence-electron chi connectivity index (χ0n) is 9.48. The number of hydrogen-bond donors (Lipinski definition) is 0. The summed E-state index contributed by atoms with van der Waals surface area (Å²) >= 11 is 6.36. The van der Waals surface area contributed by atoms with Crippen molar-refractivity contribution in [2.75, 3.05) is 0 Å². The first-order valence-corrected chi connectivity index (χ1v) is 5.92. The molecule has 0 fully saturated rings. The lowest BCUT2D eigenvalue weighted by Crippen LogP contribution is -2.04. The summed E-state index contributed by atoms with van der Waals surface area (Å²) in [6, 6.07) is 12.1. The van der Waals surface area contributed by atoms with Crippen molar-refractivity contribution < 1.29 is 4.39 Å². The van der Waals surface area contributed by atoms with Crippen LogP contribution in [-0.4, -0.2) is 4.98 Å². The Bertz CT molecular complexity index is 487. The van der Waals surface area contributed by atoms with Gasteiger partial charge in [-0.1, -0.05) is 25.1 Å². The summed E-state index contributed by atoms with van der Waals surface area (Å²) < 4.78 is 13.1. The maximum atomic E-state index is 13.1. The van der Waals surface area contributed by atoms with E-state index in [9.17, 15) is 4.39 Å². The largest absolute Gasteiger partial charge is 0.261 e. The minimum atomic E-state index is -0.277. The van der Waals surface area contributed by atoms with Crippen molar-refractivity contribution in [3.8, 4) is 0 Å². The second kappa shape index (κ2) is 5.28. The number of rotatable bonds is 3. The Balaban J connectivity index is 2.23. The van der Waals surface area contributed by atoms with E-state index in [2.05, 4.69) is 4.98 Å². The van der Waals surface area contributed by atoms with Crippen LogP contribution in [0.5, 0.6) is 0 Å². The lowest BCUT2D eigenvalue weighted by atomic mass is 9.97. The lowest BCUT2D eigenvalue weighted by Gasteiger charge is -2.17. The van der Waals surface area contributed by atoms with E-state index in [-0.39, 0.29) is 17.1 Å². The number of pyridine rings is 1. The third-order valence-corrected chi connectivity index (χ3v) is 3.39. The molecule has 2 aromatic rings. The molecule has 2 rings (SSSR count). The Morgan fingerprint density at radius 2 is 2.00 bits per heavy atom. The van der Waals surface area contributed by atoms with Crippen LogP contribution < -0.4 is 0 Å². The Labute approximate surface area is 105 Å². The molecular weight excluding hydrogens is 237 g/mol. The van der Waals surface area contributed by atoms with E-state index in [0.717, 1.165) is 11.3 Å². The van der Waals surface area contributed by atoms with Gasteiger partial charge in [0.2, 0.25) is 0 Å². The van der Waals surface area contributed by atoms with Crippen molar-refractivity contribution in [2.45, 2.75) is 18.2 Å². The third kappa shape index (κ3) is 2.83. The molecule has 0 saturated heterocycles. The Hall–Kier alpha value is -1.41. The Morgan fingerprint density at radius 3 is 2.65 bits per heavy atom. The van der Waals surface area contributed by atoms with Crippen LogP contribution in [0.1, 0.15) is 29.5 Å². The summed E-state index contributed by atoms with van der Waals surface area (Å²) in [4.78, 5) is 4.27. The molecule has 1 aromatic heterocycles. The van der Waals surface area contributed by atoms with E-state index < -0.39 is 0 Å². The number of benzene rings is 1. The normalized spacial score (nSPS) is 14.3. The zero-order chi connectivity index (χ0) is 12.3. The molecule has 0 aliphatic carbocycles. The second-order valence-corrected chi connectivity index (χ2v) is 4.47. The Kier molecular flexibility index (Phi) is 3.75. The van der Waals surface area contributed by atoms with E-state index in [0.29, 0.717) is 0 Å². The molecule has 0 N–H and O–H groups in total. The maximum Gasteiger partial charge on any atom is 0.123 e. The fourth-order valence-electron chi connectivity index (χ4n) is 1.76. The molecular formula is C14H13ClFN. The van der Waals surface area contributed by atoms with Crippen LogP contribution in [0.4, 0.5) is 4.39 Å². The minimum Gasteiger partial charge on any atom is -0.261 e. The third-order valence-electron chi connectivity index (χ3n) is 2.76. The summed E-state index contributed by atoms with van der Waals surface area (Å²) in [6.07, 6.45) is 1.74. The number of alkyl halides is 1. The van der Waals surface area contributed by atoms with Crippen molar-refractivity contribution in [2.24, 2.45) is 0 Å². The highest BCUT2D eigenvalue weighted by atomic mass is 35.5. The van der Waals surface area contributed by atoms with E-state index in [1.807, 2.05) is 31.2 Å². The van der Waals surface area contributed by atoms with Crippen molar-refractivity contribution in [3.05, 3.63) is 65.7 Å². The first-order chi connectivity index (χ1) is 8.18. The van der Waals surface area contributed by atoms with Gasteiger partial charge in [-0.05, 0) is 29.8 Å². The van der Waals surface area contributed by atoms with Gasteiger partial charge in [0.05, 0.1) is 5.38 Å². The van der Waals surface area contributed by atoms with E-state index in [4.69, 9.17) is 11.6 Å². The van der Waals surface area contributed by atoms with Crippen LogP contribution in [0.15, 0.2) is 48.7 Å². The molecule has 0 aliphatic heterocycles. The molecule has 1 heterocycles. The predicted octanol–water partition coefficient (Wildman–Crippen LogP) is 4.30. The molecule has 0 aliphatic rings. The summed E-state index contributed by atoms with van der Waals surface area (Å²) in [5.74, 6) is -0.221. The summed E-state index contributed by atoms with van der Waals surface area (Å²) in [7, 11) is 0. The summed E-state index contributed by atoms with van der Waals surface area (Å²) in [5, 5.41) is -0.277. The topological polar surface area (TPSA) is 12.9 Å². The zero-order valence-corrected chi connectivity index (χ0v) is 10.2. The fourth-order valence-corrected chi connectivity index (χ4v) is 2.03. The average molecular weight is 250 g/mol. The summed E-state index contributed by atoms with van der Waals surface area (Å²) in [6.45, 7) is 1.99. The van der Waals surface area contributed by atoms with Crippen LogP contribution in [0, 0.1) is 5.82 Å². The van der Waals surface area contributed by atoms with Gasteiger partial charge < -0.3 is 0 Å². The summed E-state index contributed by atoms with van der Waals surface area (Å²) in [5.41, 5.74) is 1.70. The van der Waals surface area contributed by atoms with E-state index >= 15 is 0 Å². The number of nitrogens with zero attached hydrogens (tertiary/aromatic N) is 1. The van der Waals surface area contributed by atoms with Crippen LogP contribution in [0.2, 0.25) is 0 Å². The van der Waals surface area contributed by atoms with Gasteiger partial charge in [-0.15, -0.1) is 11.6 Å². The highest BCUT2D eigenvalue weighted by Crippen LogP contribution is 2.35. The quantitative estimate of drug-likeness (QED) is 0.739. The SMILES string of the molecule is CC(c1ccccn1)C(Cl)c1cccc(F)c1. The molecule has 3 heteroatoms. The fraction of sp³-hybridized carbons (Fsp3) is 0.214. The van der Waals surface area contributed by atoms with Crippen molar-refractivity contribution >= 4 is 11.6 Å². The Morgan fingerprint density at radius 1 is 1.18 bits per heavy atom. The van der Waals surface area contributed by atoms with Crippen molar-refractivity contribution in [3.63, 3.8) is 0 Å². The lowest BCUT2D eigenvalue weighted by molar-refractivity contribution is 0.620. The van der Waals surface area contributed by atoms with Crippen LogP contribution in [0.3, 0.4) is 0 Å². The van der Waals surface area contributed by atoms with Gasteiger partial charge in [0.15, 0.2) is 0 Å². The molecule has 2 atom stereocenters. The molecule has 17 heavy (non-hydrogen) atoms. The monoisotopic (exact) mass is 249 g/mol. The predicted molar refractivity (Wildman–Crippen MR) is 67.6 cm³/mol. The highest BCUT2D eigenvalue weighted by molar-refractivity contribution is 6.21. The average Bonchev–Trinajstić information content (AvgIpc) is 2.38. The molecule has 0 radical (unpaired) electrons. The number of hydrogen-bond acceptors (Lipinski definition) is 1. The first-order valence-electron chi connectivity index (χ1n) is 5.49.